The third-order valence-corrected chi connectivity index (χ3v) is 3.96. The Bertz CT molecular complexity index is 669. The SMILES string of the molecule is CCOC(=O)c1c(-c2ccc(OC)cc2)c(C)n(CC)c1C. The molecule has 0 unspecified atom stereocenters. The maximum Gasteiger partial charge on any atom is 0.340 e. The second-order valence-corrected chi connectivity index (χ2v) is 5.11. The molecule has 22 heavy (non-hydrogen) atoms. The molecular weight excluding hydrogens is 278 g/mol. The standard InChI is InChI=1S/C18H23NO3/c1-6-19-12(3)16(14-8-10-15(21-5)11-9-14)17(13(19)4)18(20)22-7-2/h8-11H,6-7H2,1-5H3. The molecule has 0 atom stereocenters. The molecule has 0 spiro atoms. The molecule has 0 amide bonds. The van der Waals surface area contributed by atoms with Crippen LogP contribution in [0.15, 0.2) is 24.3 Å². The zero-order chi connectivity index (χ0) is 16.3. The number of benzene rings is 1. The Labute approximate surface area is 131 Å². The van der Waals surface area contributed by atoms with Crippen LogP contribution in [0.4, 0.5) is 0 Å². The number of methoxy groups -OCH3 is 1. The maximum atomic E-state index is 12.4. The smallest absolute Gasteiger partial charge is 0.340 e. The van der Waals surface area contributed by atoms with Crippen LogP contribution in [0.1, 0.15) is 35.6 Å². The first-order valence-corrected chi connectivity index (χ1v) is 7.56. The number of nitrogens with zero attached hydrogens (tertiary/aromatic N) is 1. The van der Waals surface area contributed by atoms with E-state index in [1.807, 2.05) is 45.0 Å². The fraction of sp³-hybridized carbons (Fsp3) is 0.389. The lowest BCUT2D eigenvalue weighted by Gasteiger charge is -2.07. The lowest BCUT2D eigenvalue weighted by Crippen LogP contribution is -2.08. The number of rotatable bonds is 5. The van der Waals surface area contributed by atoms with E-state index >= 15 is 0 Å². The van der Waals surface area contributed by atoms with Gasteiger partial charge >= 0.3 is 5.97 Å². The first-order valence-electron chi connectivity index (χ1n) is 7.56. The minimum Gasteiger partial charge on any atom is -0.497 e. The van der Waals surface area contributed by atoms with Gasteiger partial charge in [-0.1, -0.05) is 12.1 Å². The van der Waals surface area contributed by atoms with Crippen LogP contribution in [0.2, 0.25) is 0 Å². The number of esters is 1. The molecule has 0 saturated carbocycles. The van der Waals surface area contributed by atoms with Crippen LogP contribution >= 0.6 is 0 Å². The van der Waals surface area contributed by atoms with E-state index in [2.05, 4.69) is 11.5 Å². The van der Waals surface area contributed by atoms with E-state index in [0.29, 0.717) is 12.2 Å². The topological polar surface area (TPSA) is 40.5 Å². The van der Waals surface area contributed by atoms with E-state index < -0.39 is 0 Å². The predicted molar refractivity (Wildman–Crippen MR) is 87.5 cm³/mol. The van der Waals surface area contributed by atoms with E-state index in [1.165, 1.54) is 0 Å². The largest absolute Gasteiger partial charge is 0.497 e. The summed E-state index contributed by atoms with van der Waals surface area (Å²) in [5.41, 5.74) is 4.63. The van der Waals surface area contributed by atoms with Crippen molar-refractivity contribution in [3.63, 3.8) is 0 Å². The fourth-order valence-corrected chi connectivity index (χ4v) is 2.92. The van der Waals surface area contributed by atoms with Gasteiger partial charge < -0.3 is 14.0 Å². The Morgan fingerprint density at radius 3 is 2.23 bits per heavy atom. The molecule has 0 aliphatic rings. The average Bonchev–Trinajstić information content (AvgIpc) is 2.78. The first kappa shape index (κ1) is 16.1. The van der Waals surface area contributed by atoms with Crippen molar-refractivity contribution < 1.29 is 14.3 Å². The molecular formula is C18H23NO3. The van der Waals surface area contributed by atoms with E-state index in [4.69, 9.17) is 9.47 Å². The molecule has 4 nitrogen and oxygen atoms in total. The van der Waals surface area contributed by atoms with Gasteiger partial charge in [0, 0.05) is 23.5 Å². The highest BCUT2D eigenvalue weighted by Crippen LogP contribution is 2.33. The van der Waals surface area contributed by atoms with E-state index in [1.54, 1.807) is 7.11 Å². The normalized spacial score (nSPS) is 10.6. The highest BCUT2D eigenvalue weighted by atomic mass is 16.5. The van der Waals surface area contributed by atoms with E-state index in [9.17, 15) is 4.79 Å². The summed E-state index contributed by atoms with van der Waals surface area (Å²) in [6.45, 7) is 9.10. The van der Waals surface area contributed by atoms with Crippen LogP contribution in [0.5, 0.6) is 5.75 Å². The van der Waals surface area contributed by atoms with Gasteiger partial charge in [0.15, 0.2) is 0 Å². The molecule has 1 aromatic heterocycles. The van der Waals surface area contributed by atoms with Crippen molar-refractivity contribution in [2.24, 2.45) is 0 Å². The highest BCUT2D eigenvalue weighted by molar-refractivity contribution is 5.99. The van der Waals surface area contributed by atoms with Crippen molar-refractivity contribution in [1.29, 1.82) is 0 Å². The molecule has 2 aromatic rings. The van der Waals surface area contributed by atoms with Crippen LogP contribution in [0.3, 0.4) is 0 Å². The van der Waals surface area contributed by atoms with Crippen molar-refractivity contribution in [3.05, 3.63) is 41.2 Å². The Balaban J connectivity index is 2.64. The second kappa shape index (κ2) is 6.69. The van der Waals surface area contributed by atoms with Gasteiger partial charge in [-0.15, -0.1) is 0 Å². The van der Waals surface area contributed by atoms with Crippen molar-refractivity contribution in [2.75, 3.05) is 13.7 Å². The summed E-state index contributed by atoms with van der Waals surface area (Å²) in [4.78, 5) is 12.4. The van der Waals surface area contributed by atoms with Gasteiger partial charge in [-0.25, -0.2) is 4.79 Å². The third-order valence-electron chi connectivity index (χ3n) is 3.96. The van der Waals surface area contributed by atoms with Crippen molar-refractivity contribution in [2.45, 2.75) is 34.2 Å². The molecule has 4 heteroatoms. The first-order chi connectivity index (χ1) is 10.5. The highest BCUT2D eigenvalue weighted by Gasteiger charge is 2.24. The van der Waals surface area contributed by atoms with Crippen LogP contribution in [0, 0.1) is 13.8 Å². The molecule has 0 aliphatic heterocycles. The van der Waals surface area contributed by atoms with Crippen molar-refractivity contribution >= 4 is 5.97 Å². The Kier molecular flexibility index (Phi) is 4.91. The molecule has 118 valence electrons. The zero-order valence-corrected chi connectivity index (χ0v) is 13.9. The predicted octanol–water partition coefficient (Wildman–Crippen LogP) is 3.98. The van der Waals surface area contributed by atoms with Crippen molar-refractivity contribution in [1.82, 2.24) is 4.57 Å². The minimum absolute atomic E-state index is 0.263. The van der Waals surface area contributed by atoms with Gasteiger partial charge in [-0.2, -0.15) is 0 Å². The zero-order valence-electron chi connectivity index (χ0n) is 13.9. The maximum absolute atomic E-state index is 12.4. The summed E-state index contributed by atoms with van der Waals surface area (Å²) in [7, 11) is 1.64. The van der Waals surface area contributed by atoms with Crippen LogP contribution < -0.4 is 4.74 Å². The number of carbonyl (C=O) groups excluding carboxylic acids is 1. The Morgan fingerprint density at radius 2 is 1.73 bits per heavy atom. The number of ether oxygens (including phenoxy) is 2. The minimum atomic E-state index is -0.263. The van der Waals surface area contributed by atoms with E-state index in [-0.39, 0.29) is 5.97 Å². The summed E-state index contributed by atoms with van der Waals surface area (Å²) in [5.74, 6) is 0.534. The molecule has 0 radical (unpaired) electrons. The van der Waals surface area contributed by atoms with Gasteiger partial charge in [0.2, 0.25) is 0 Å². The van der Waals surface area contributed by atoms with Gasteiger partial charge in [-0.05, 0) is 45.4 Å². The third kappa shape index (κ3) is 2.73. The molecule has 0 fully saturated rings. The van der Waals surface area contributed by atoms with E-state index in [0.717, 1.165) is 34.8 Å². The van der Waals surface area contributed by atoms with Gasteiger partial charge in [0.25, 0.3) is 0 Å². The van der Waals surface area contributed by atoms with Crippen molar-refractivity contribution in [3.8, 4) is 16.9 Å². The fourth-order valence-electron chi connectivity index (χ4n) is 2.92. The lowest BCUT2D eigenvalue weighted by molar-refractivity contribution is 0.0526. The van der Waals surface area contributed by atoms with Gasteiger partial charge in [0.05, 0.1) is 19.3 Å². The quantitative estimate of drug-likeness (QED) is 0.784. The molecule has 0 bridgehead atoms. The molecule has 0 saturated heterocycles. The molecule has 1 aromatic carbocycles. The number of aromatic nitrogens is 1. The summed E-state index contributed by atoms with van der Waals surface area (Å²) in [6, 6.07) is 7.76. The summed E-state index contributed by atoms with van der Waals surface area (Å²) < 4.78 is 12.6. The van der Waals surface area contributed by atoms with Gasteiger partial charge in [0.1, 0.15) is 5.75 Å². The lowest BCUT2D eigenvalue weighted by atomic mass is 10.0. The number of hydrogen-bond donors (Lipinski definition) is 0. The van der Waals surface area contributed by atoms with Crippen LogP contribution in [0.25, 0.3) is 11.1 Å². The monoisotopic (exact) mass is 301 g/mol. The van der Waals surface area contributed by atoms with Crippen LogP contribution in [-0.2, 0) is 11.3 Å². The Morgan fingerprint density at radius 1 is 1.09 bits per heavy atom. The molecule has 2 rings (SSSR count). The Hall–Kier alpha value is -2.23. The summed E-state index contributed by atoms with van der Waals surface area (Å²) >= 11 is 0. The molecule has 0 aliphatic carbocycles. The summed E-state index contributed by atoms with van der Waals surface area (Å²) in [5, 5.41) is 0. The molecule has 0 N–H and O–H groups in total. The summed E-state index contributed by atoms with van der Waals surface area (Å²) in [6.07, 6.45) is 0. The number of hydrogen-bond acceptors (Lipinski definition) is 3. The van der Waals surface area contributed by atoms with Crippen LogP contribution in [-0.4, -0.2) is 24.3 Å². The second-order valence-electron chi connectivity index (χ2n) is 5.11. The molecule has 1 heterocycles. The number of carbonyl (C=O) groups is 1. The van der Waals surface area contributed by atoms with Gasteiger partial charge in [-0.3, -0.25) is 0 Å². The average molecular weight is 301 g/mol.